The van der Waals surface area contributed by atoms with Gasteiger partial charge in [-0.2, -0.15) is 5.26 Å². The van der Waals surface area contributed by atoms with Crippen LogP contribution in [0.5, 0.6) is 0 Å². The molecule has 0 saturated carbocycles. The fourth-order valence-corrected chi connectivity index (χ4v) is 2.39. The predicted molar refractivity (Wildman–Crippen MR) is 62.3 cm³/mol. The largest absolute Gasteiger partial charge is 0.331 e. The molecular formula is C10H7N3OS2. The van der Waals surface area contributed by atoms with Crippen LogP contribution in [0.3, 0.4) is 0 Å². The number of hydrogen-bond acceptors (Lipinski definition) is 5. The Hall–Kier alpha value is -1.71. The molecule has 0 aliphatic heterocycles. The summed E-state index contributed by atoms with van der Waals surface area (Å²) in [5, 5.41) is 13.5. The number of hydrogen-bond donors (Lipinski definition) is 1. The van der Waals surface area contributed by atoms with Gasteiger partial charge in [0.15, 0.2) is 6.04 Å². The van der Waals surface area contributed by atoms with Gasteiger partial charge in [-0.3, -0.25) is 9.78 Å². The number of nitriles is 1. The van der Waals surface area contributed by atoms with Gasteiger partial charge in [0.05, 0.1) is 17.8 Å². The van der Waals surface area contributed by atoms with E-state index in [2.05, 4.69) is 16.4 Å². The third-order valence-corrected chi connectivity index (χ3v) is 3.60. The number of thiophene rings is 1. The molecule has 4 nitrogen and oxygen atoms in total. The highest BCUT2D eigenvalue weighted by Crippen LogP contribution is 2.19. The first-order valence-corrected chi connectivity index (χ1v) is 6.19. The van der Waals surface area contributed by atoms with E-state index in [1.54, 1.807) is 5.51 Å². The number of nitrogens with zero attached hydrogens (tertiary/aromatic N) is 2. The van der Waals surface area contributed by atoms with Gasteiger partial charge in [-0.15, -0.1) is 22.7 Å². The Morgan fingerprint density at radius 3 is 3.00 bits per heavy atom. The number of carbonyl (C=O) groups is 1. The summed E-state index contributed by atoms with van der Waals surface area (Å²) >= 11 is 2.70. The summed E-state index contributed by atoms with van der Waals surface area (Å²) in [6.45, 7) is 0. The first-order valence-electron chi connectivity index (χ1n) is 4.43. The molecule has 2 aromatic rings. The molecule has 0 radical (unpaired) electrons. The maximum atomic E-state index is 11.7. The van der Waals surface area contributed by atoms with Crippen molar-refractivity contribution in [3.05, 3.63) is 39.0 Å². The fourth-order valence-electron chi connectivity index (χ4n) is 1.15. The van der Waals surface area contributed by atoms with E-state index in [1.165, 1.54) is 28.9 Å². The van der Waals surface area contributed by atoms with Crippen molar-refractivity contribution in [1.29, 1.82) is 5.26 Å². The van der Waals surface area contributed by atoms with Crippen molar-refractivity contribution < 1.29 is 4.79 Å². The maximum Gasteiger partial charge on any atom is 0.264 e. The topological polar surface area (TPSA) is 65.8 Å². The van der Waals surface area contributed by atoms with E-state index in [0.29, 0.717) is 4.88 Å². The van der Waals surface area contributed by atoms with Crippen LogP contribution in [0.4, 0.5) is 0 Å². The number of nitrogens with one attached hydrogen (secondary N) is 1. The van der Waals surface area contributed by atoms with Gasteiger partial charge in [0.25, 0.3) is 5.91 Å². The molecule has 1 amide bonds. The lowest BCUT2D eigenvalue weighted by molar-refractivity contribution is 0.0949. The van der Waals surface area contributed by atoms with Crippen LogP contribution in [0.15, 0.2) is 29.2 Å². The Labute approximate surface area is 100 Å². The van der Waals surface area contributed by atoms with Gasteiger partial charge in [0.2, 0.25) is 0 Å². The summed E-state index contributed by atoms with van der Waals surface area (Å²) in [7, 11) is 0. The minimum absolute atomic E-state index is 0.262. The molecule has 0 spiro atoms. The second-order valence-corrected chi connectivity index (χ2v) is 4.78. The summed E-state index contributed by atoms with van der Waals surface area (Å²) in [4.78, 5) is 16.8. The zero-order valence-electron chi connectivity index (χ0n) is 8.08. The highest BCUT2D eigenvalue weighted by molar-refractivity contribution is 7.11. The normalized spacial score (nSPS) is 11.7. The first kappa shape index (κ1) is 10.8. The molecule has 0 aliphatic rings. The summed E-state index contributed by atoms with van der Waals surface area (Å²) in [6.07, 6.45) is 1.49. The van der Waals surface area contributed by atoms with Gasteiger partial charge >= 0.3 is 0 Å². The molecule has 2 aromatic heterocycles. The van der Waals surface area contributed by atoms with Gasteiger partial charge in [0.1, 0.15) is 4.88 Å². The second kappa shape index (κ2) is 4.88. The molecule has 1 N–H and O–H groups in total. The smallest absolute Gasteiger partial charge is 0.264 e. The quantitative estimate of drug-likeness (QED) is 0.906. The molecule has 0 bridgehead atoms. The zero-order chi connectivity index (χ0) is 11.4. The summed E-state index contributed by atoms with van der Waals surface area (Å²) in [5.74, 6) is -0.262. The third-order valence-electron chi connectivity index (χ3n) is 1.89. The van der Waals surface area contributed by atoms with Gasteiger partial charge in [0, 0.05) is 4.88 Å². The SMILES string of the molecule is N#CC(NC(=O)c1cncs1)c1cccs1. The average Bonchev–Trinajstić information content (AvgIpc) is 2.96. The Morgan fingerprint density at radius 2 is 2.44 bits per heavy atom. The molecule has 80 valence electrons. The van der Waals surface area contributed by atoms with E-state index >= 15 is 0 Å². The number of aromatic nitrogens is 1. The van der Waals surface area contributed by atoms with E-state index in [1.807, 2.05) is 17.5 Å². The molecule has 1 unspecified atom stereocenters. The molecule has 0 saturated heterocycles. The maximum absolute atomic E-state index is 11.7. The highest BCUT2D eigenvalue weighted by atomic mass is 32.1. The summed E-state index contributed by atoms with van der Waals surface area (Å²) in [6, 6.07) is 5.15. The van der Waals surface area contributed by atoms with Crippen LogP contribution < -0.4 is 5.32 Å². The Balaban J connectivity index is 2.09. The van der Waals surface area contributed by atoms with Crippen molar-refractivity contribution in [2.45, 2.75) is 6.04 Å². The molecule has 16 heavy (non-hydrogen) atoms. The van der Waals surface area contributed by atoms with Crippen LogP contribution >= 0.6 is 22.7 Å². The average molecular weight is 249 g/mol. The lowest BCUT2D eigenvalue weighted by Crippen LogP contribution is -2.26. The molecular weight excluding hydrogens is 242 g/mol. The monoisotopic (exact) mass is 249 g/mol. The van der Waals surface area contributed by atoms with Crippen molar-refractivity contribution in [3.63, 3.8) is 0 Å². The van der Waals surface area contributed by atoms with Gasteiger partial charge < -0.3 is 5.32 Å². The van der Waals surface area contributed by atoms with Gasteiger partial charge in [-0.1, -0.05) is 6.07 Å². The molecule has 0 aromatic carbocycles. The lowest BCUT2D eigenvalue weighted by atomic mass is 10.2. The minimum atomic E-state index is -0.588. The van der Waals surface area contributed by atoms with Gasteiger partial charge in [-0.05, 0) is 11.4 Å². The standard InChI is InChI=1S/C10H7N3OS2/c11-4-7(8-2-1-3-15-8)13-10(14)9-5-12-6-16-9/h1-3,5-7H,(H,13,14). The zero-order valence-corrected chi connectivity index (χ0v) is 9.72. The molecule has 0 fully saturated rings. The molecule has 6 heteroatoms. The number of thiazole rings is 1. The van der Waals surface area contributed by atoms with Crippen molar-refractivity contribution in [3.8, 4) is 6.07 Å². The third kappa shape index (κ3) is 2.27. The van der Waals surface area contributed by atoms with Crippen molar-refractivity contribution in [1.82, 2.24) is 10.3 Å². The highest BCUT2D eigenvalue weighted by Gasteiger charge is 2.16. The predicted octanol–water partition coefficient (Wildman–Crippen LogP) is 2.20. The van der Waals surface area contributed by atoms with Crippen LogP contribution in [0.1, 0.15) is 20.6 Å². The number of rotatable bonds is 3. The summed E-state index contributed by atoms with van der Waals surface area (Å²) in [5.41, 5.74) is 1.58. The van der Waals surface area contributed by atoms with E-state index in [4.69, 9.17) is 5.26 Å². The van der Waals surface area contributed by atoms with E-state index < -0.39 is 6.04 Å². The number of carbonyl (C=O) groups excluding carboxylic acids is 1. The molecule has 1 atom stereocenters. The summed E-state index contributed by atoms with van der Waals surface area (Å²) < 4.78 is 0. The molecule has 2 heterocycles. The van der Waals surface area contributed by atoms with Crippen LogP contribution in [0.25, 0.3) is 0 Å². The van der Waals surface area contributed by atoms with Crippen LogP contribution in [0, 0.1) is 11.3 Å². The van der Waals surface area contributed by atoms with E-state index in [-0.39, 0.29) is 5.91 Å². The van der Waals surface area contributed by atoms with Crippen molar-refractivity contribution in [2.75, 3.05) is 0 Å². The first-order chi connectivity index (χ1) is 7.81. The van der Waals surface area contributed by atoms with Crippen molar-refractivity contribution in [2.24, 2.45) is 0 Å². The van der Waals surface area contributed by atoms with E-state index in [0.717, 1.165) is 4.88 Å². The van der Waals surface area contributed by atoms with Crippen molar-refractivity contribution >= 4 is 28.6 Å². The van der Waals surface area contributed by atoms with E-state index in [9.17, 15) is 4.79 Å². The molecule has 2 rings (SSSR count). The van der Waals surface area contributed by atoms with Gasteiger partial charge in [-0.25, -0.2) is 0 Å². The second-order valence-electron chi connectivity index (χ2n) is 2.92. The Kier molecular flexibility index (Phi) is 3.29. The Morgan fingerprint density at radius 1 is 1.56 bits per heavy atom. The Bertz CT molecular complexity index is 499. The van der Waals surface area contributed by atoms with Crippen LogP contribution in [0.2, 0.25) is 0 Å². The van der Waals surface area contributed by atoms with Crippen LogP contribution in [-0.4, -0.2) is 10.9 Å². The molecule has 0 aliphatic carbocycles. The van der Waals surface area contributed by atoms with Crippen LogP contribution in [-0.2, 0) is 0 Å². The fraction of sp³-hybridized carbons (Fsp3) is 0.100. The number of amides is 1. The lowest BCUT2D eigenvalue weighted by Gasteiger charge is -2.07. The minimum Gasteiger partial charge on any atom is -0.331 e.